The van der Waals surface area contributed by atoms with Crippen LogP contribution in [-0.2, 0) is 4.74 Å². The Hall–Kier alpha value is -2.00. The summed E-state index contributed by atoms with van der Waals surface area (Å²) in [6.07, 6.45) is 4.37. The molecule has 0 radical (unpaired) electrons. The summed E-state index contributed by atoms with van der Waals surface area (Å²) in [6.45, 7) is 7.01. The first-order valence-electron chi connectivity index (χ1n) is 9.36. The molecule has 9 heteroatoms. The number of aromatic nitrogens is 4. The van der Waals surface area contributed by atoms with Crippen LogP contribution in [0.15, 0.2) is 12.3 Å². The van der Waals surface area contributed by atoms with Crippen LogP contribution in [0.2, 0.25) is 0 Å². The Morgan fingerprint density at radius 1 is 0.923 bits per heavy atom. The van der Waals surface area contributed by atoms with Crippen molar-refractivity contribution in [1.29, 1.82) is 0 Å². The van der Waals surface area contributed by atoms with E-state index in [0.29, 0.717) is 5.92 Å². The molecule has 0 amide bonds. The molecule has 0 aromatic carbocycles. The summed E-state index contributed by atoms with van der Waals surface area (Å²) < 4.78 is 9.95. The lowest BCUT2D eigenvalue weighted by atomic mass is 10.3. The van der Waals surface area contributed by atoms with Crippen molar-refractivity contribution in [2.75, 3.05) is 67.2 Å². The summed E-state index contributed by atoms with van der Waals surface area (Å²) in [5.41, 5.74) is 0. The van der Waals surface area contributed by atoms with Gasteiger partial charge >= 0.3 is 0 Å². The Morgan fingerprint density at radius 2 is 1.69 bits per heavy atom. The first-order valence-corrected chi connectivity index (χ1v) is 10.1. The minimum Gasteiger partial charge on any atom is -0.378 e. The highest BCUT2D eigenvalue weighted by atomic mass is 32.1. The summed E-state index contributed by atoms with van der Waals surface area (Å²) in [7, 11) is 0. The van der Waals surface area contributed by atoms with Crippen LogP contribution in [0.25, 0.3) is 0 Å². The van der Waals surface area contributed by atoms with Gasteiger partial charge in [-0.15, -0.1) is 0 Å². The van der Waals surface area contributed by atoms with E-state index in [0.717, 1.165) is 75.2 Å². The quantitative estimate of drug-likeness (QED) is 0.796. The number of hydrogen-bond donors (Lipinski definition) is 0. The maximum atomic E-state index is 5.42. The van der Waals surface area contributed by atoms with Gasteiger partial charge in [0.15, 0.2) is 0 Å². The summed E-state index contributed by atoms with van der Waals surface area (Å²) in [5.74, 6) is 3.50. The van der Waals surface area contributed by atoms with Gasteiger partial charge in [0.1, 0.15) is 11.6 Å². The van der Waals surface area contributed by atoms with Crippen molar-refractivity contribution in [3.05, 3.63) is 18.1 Å². The molecule has 2 saturated heterocycles. The van der Waals surface area contributed by atoms with Crippen molar-refractivity contribution >= 4 is 28.4 Å². The Morgan fingerprint density at radius 3 is 2.46 bits per heavy atom. The first kappa shape index (κ1) is 16.2. The van der Waals surface area contributed by atoms with E-state index in [1.54, 1.807) is 11.5 Å². The van der Waals surface area contributed by atoms with Crippen molar-refractivity contribution in [2.45, 2.75) is 18.8 Å². The largest absolute Gasteiger partial charge is 0.378 e. The summed E-state index contributed by atoms with van der Waals surface area (Å²) in [5, 5.41) is 1.07. The second kappa shape index (κ2) is 6.96. The van der Waals surface area contributed by atoms with Gasteiger partial charge in [0.2, 0.25) is 11.1 Å². The van der Waals surface area contributed by atoms with E-state index >= 15 is 0 Å². The zero-order valence-corrected chi connectivity index (χ0v) is 15.6. The minimum absolute atomic E-state index is 0.626. The highest BCUT2D eigenvalue weighted by Gasteiger charge is 2.29. The second-order valence-electron chi connectivity index (χ2n) is 7.00. The molecule has 2 aromatic heterocycles. The van der Waals surface area contributed by atoms with E-state index in [2.05, 4.69) is 24.1 Å². The number of morpholine rings is 1. The number of ether oxygens (including phenoxy) is 1. The van der Waals surface area contributed by atoms with Crippen molar-refractivity contribution < 1.29 is 4.74 Å². The summed E-state index contributed by atoms with van der Waals surface area (Å²) in [4.78, 5) is 20.9. The molecule has 3 aliphatic rings. The number of anilines is 3. The number of rotatable bonds is 4. The van der Waals surface area contributed by atoms with Gasteiger partial charge in [-0.2, -0.15) is 9.36 Å². The van der Waals surface area contributed by atoms with Gasteiger partial charge in [-0.3, -0.25) is 0 Å². The molecule has 0 spiro atoms. The zero-order chi connectivity index (χ0) is 17.3. The monoisotopic (exact) mass is 373 g/mol. The minimum atomic E-state index is 0.626. The van der Waals surface area contributed by atoms with E-state index in [1.807, 2.05) is 12.3 Å². The topological polar surface area (TPSA) is 70.5 Å². The molecule has 1 saturated carbocycles. The van der Waals surface area contributed by atoms with Gasteiger partial charge in [-0.25, -0.2) is 9.97 Å². The fourth-order valence-electron chi connectivity index (χ4n) is 3.42. The molecule has 0 unspecified atom stereocenters. The van der Waals surface area contributed by atoms with Gasteiger partial charge in [0.05, 0.1) is 13.2 Å². The van der Waals surface area contributed by atoms with Crippen LogP contribution < -0.4 is 14.7 Å². The molecule has 0 bridgehead atoms. The van der Waals surface area contributed by atoms with E-state index in [1.165, 1.54) is 12.8 Å². The molecule has 2 aromatic rings. The predicted octanol–water partition coefficient (Wildman–Crippen LogP) is 1.37. The van der Waals surface area contributed by atoms with Gasteiger partial charge in [0, 0.05) is 62.9 Å². The molecular weight excluding hydrogens is 350 g/mol. The van der Waals surface area contributed by atoms with E-state index in [9.17, 15) is 0 Å². The van der Waals surface area contributed by atoms with Crippen LogP contribution >= 0.6 is 11.5 Å². The fraction of sp³-hybridized carbons (Fsp3) is 0.647. The lowest BCUT2D eigenvalue weighted by Crippen LogP contribution is -2.47. The smallest absolute Gasteiger partial charge is 0.227 e. The average Bonchev–Trinajstić information content (AvgIpc) is 3.46. The normalized spacial score (nSPS) is 21.3. The first-order chi connectivity index (χ1) is 12.9. The maximum Gasteiger partial charge on any atom is 0.227 e. The molecule has 4 heterocycles. The Bertz CT molecular complexity index is 751. The molecule has 5 rings (SSSR count). The number of piperazine rings is 1. The van der Waals surface area contributed by atoms with Crippen molar-refractivity contribution in [3.8, 4) is 0 Å². The third-order valence-electron chi connectivity index (χ3n) is 5.17. The molecule has 3 fully saturated rings. The van der Waals surface area contributed by atoms with Crippen molar-refractivity contribution in [2.24, 2.45) is 0 Å². The van der Waals surface area contributed by atoms with E-state index < -0.39 is 0 Å². The number of nitrogens with zero attached hydrogens (tertiary/aromatic N) is 7. The zero-order valence-electron chi connectivity index (χ0n) is 14.8. The maximum absolute atomic E-state index is 5.42. The van der Waals surface area contributed by atoms with E-state index in [4.69, 9.17) is 14.7 Å². The van der Waals surface area contributed by atoms with Crippen LogP contribution in [0.3, 0.4) is 0 Å². The molecule has 0 atom stereocenters. The van der Waals surface area contributed by atoms with Gasteiger partial charge < -0.3 is 19.4 Å². The third-order valence-corrected chi connectivity index (χ3v) is 5.96. The molecule has 2 aliphatic heterocycles. The van der Waals surface area contributed by atoms with Crippen molar-refractivity contribution in [3.63, 3.8) is 0 Å². The highest BCUT2D eigenvalue weighted by molar-refractivity contribution is 7.09. The van der Waals surface area contributed by atoms with Crippen LogP contribution in [-0.4, -0.2) is 71.8 Å². The van der Waals surface area contributed by atoms with E-state index in [-0.39, 0.29) is 0 Å². The lowest BCUT2D eigenvalue weighted by Gasteiger charge is -2.35. The Kier molecular flexibility index (Phi) is 4.33. The molecule has 0 N–H and O–H groups in total. The van der Waals surface area contributed by atoms with Crippen LogP contribution in [0.1, 0.15) is 24.6 Å². The average molecular weight is 373 g/mol. The van der Waals surface area contributed by atoms with Crippen molar-refractivity contribution in [1.82, 2.24) is 19.3 Å². The Labute approximate surface area is 157 Å². The van der Waals surface area contributed by atoms with Gasteiger partial charge in [0.25, 0.3) is 0 Å². The third kappa shape index (κ3) is 3.33. The number of hydrogen-bond acceptors (Lipinski definition) is 9. The van der Waals surface area contributed by atoms with Crippen LogP contribution in [0, 0.1) is 0 Å². The standard InChI is InChI=1S/C17H23N7OS/c1-2-13(1)15-20-17(26-21-15)24-7-5-22(6-8-24)14-3-4-18-16(19-14)23-9-11-25-12-10-23/h3-4,13H,1-2,5-12H2. The SMILES string of the molecule is c1cc(N2CCN(c3nc(C4CC4)ns3)CC2)nc(N2CCOCC2)n1. The molecule has 26 heavy (non-hydrogen) atoms. The summed E-state index contributed by atoms with van der Waals surface area (Å²) >= 11 is 1.54. The fourth-order valence-corrected chi connectivity index (χ4v) is 4.22. The Balaban J connectivity index is 1.23. The lowest BCUT2D eigenvalue weighted by molar-refractivity contribution is 0.122. The van der Waals surface area contributed by atoms with Gasteiger partial charge in [-0.05, 0) is 18.9 Å². The molecule has 8 nitrogen and oxygen atoms in total. The molecule has 1 aliphatic carbocycles. The van der Waals surface area contributed by atoms with Crippen LogP contribution in [0.5, 0.6) is 0 Å². The highest BCUT2D eigenvalue weighted by Crippen LogP contribution is 2.39. The molecular formula is C17H23N7OS. The van der Waals surface area contributed by atoms with Gasteiger partial charge in [-0.1, -0.05) is 0 Å². The second-order valence-corrected chi connectivity index (χ2v) is 7.73. The predicted molar refractivity (Wildman–Crippen MR) is 101 cm³/mol. The summed E-state index contributed by atoms with van der Waals surface area (Å²) in [6, 6.07) is 2.01. The van der Waals surface area contributed by atoms with Crippen LogP contribution in [0.4, 0.5) is 16.9 Å². The molecule has 138 valence electrons.